The molecule has 1 amide bonds. The summed E-state index contributed by atoms with van der Waals surface area (Å²) in [5, 5.41) is 7.12. The highest BCUT2D eigenvalue weighted by atomic mass is 32.2. The summed E-state index contributed by atoms with van der Waals surface area (Å²) < 4.78 is 30.6. The Morgan fingerprint density at radius 2 is 2.19 bits per heavy atom. The Kier molecular flexibility index (Phi) is 5.12. The van der Waals surface area contributed by atoms with Crippen LogP contribution in [0.15, 0.2) is 29.7 Å². The molecule has 10 nitrogen and oxygen atoms in total. The van der Waals surface area contributed by atoms with E-state index in [0.29, 0.717) is 19.6 Å². The van der Waals surface area contributed by atoms with Crippen molar-refractivity contribution in [3.8, 4) is 0 Å². The molecule has 11 heteroatoms. The average Bonchev–Trinajstić information content (AvgIpc) is 3.22. The van der Waals surface area contributed by atoms with Gasteiger partial charge in [-0.25, -0.2) is 13.4 Å². The van der Waals surface area contributed by atoms with Gasteiger partial charge in [0.05, 0.1) is 12.2 Å². The van der Waals surface area contributed by atoms with Crippen molar-refractivity contribution in [3.63, 3.8) is 0 Å². The van der Waals surface area contributed by atoms with Crippen molar-refractivity contribution >= 4 is 15.9 Å². The maximum atomic E-state index is 12.9. The van der Waals surface area contributed by atoms with E-state index in [9.17, 15) is 13.2 Å². The Bertz CT molecular complexity index is 889. The van der Waals surface area contributed by atoms with Crippen LogP contribution in [-0.4, -0.2) is 64.2 Å². The van der Waals surface area contributed by atoms with Crippen LogP contribution in [0.2, 0.25) is 0 Å². The molecule has 0 saturated carbocycles. The van der Waals surface area contributed by atoms with Crippen molar-refractivity contribution in [3.05, 3.63) is 30.6 Å². The molecule has 1 saturated heterocycles. The van der Waals surface area contributed by atoms with Crippen molar-refractivity contribution in [1.82, 2.24) is 34.3 Å². The van der Waals surface area contributed by atoms with Crippen LogP contribution in [0.4, 0.5) is 0 Å². The molecule has 0 bridgehead atoms. The smallest absolute Gasteiger partial charge is 0.244 e. The van der Waals surface area contributed by atoms with Gasteiger partial charge in [0.2, 0.25) is 15.9 Å². The fourth-order valence-corrected chi connectivity index (χ4v) is 4.21. The highest BCUT2D eigenvalue weighted by molar-refractivity contribution is 7.89. The molecule has 1 fully saturated rings. The van der Waals surface area contributed by atoms with Gasteiger partial charge < -0.3 is 14.8 Å². The van der Waals surface area contributed by atoms with Gasteiger partial charge in [-0.05, 0) is 6.92 Å². The van der Waals surface area contributed by atoms with E-state index in [4.69, 9.17) is 0 Å². The molecule has 2 atom stereocenters. The van der Waals surface area contributed by atoms with Gasteiger partial charge in [0.25, 0.3) is 0 Å². The topological polar surface area (TPSA) is 114 Å². The minimum atomic E-state index is -3.82. The number of piperazine rings is 1. The molecule has 3 rings (SSSR count). The first kappa shape index (κ1) is 18.5. The Balaban J connectivity index is 1.77. The Morgan fingerprint density at radius 1 is 1.42 bits per heavy atom. The molecular weight excluding hydrogens is 358 g/mol. The highest BCUT2D eigenvalue weighted by Crippen LogP contribution is 2.21. The fraction of sp³-hybridized carbons (Fsp3) is 0.533. The first-order valence-electron chi connectivity index (χ1n) is 8.29. The maximum absolute atomic E-state index is 12.9. The monoisotopic (exact) mass is 381 g/mol. The quantitative estimate of drug-likeness (QED) is 0.686. The van der Waals surface area contributed by atoms with Gasteiger partial charge in [0.15, 0.2) is 0 Å². The number of imidazole rings is 1. The molecule has 0 radical (unpaired) electrons. The molecule has 1 aliphatic heterocycles. The standard InChI is InChI=1S/C15H23N7O3S/c1-11(19-26(24,25)12-8-18-21(3)10-12)15(23)22-7-4-16-9-13(22)14-17-5-6-20(14)2/h5-6,8,10-11,13,16,19H,4,7,9H2,1-3H3. The van der Waals surface area contributed by atoms with Crippen LogP contribution in [-0.2, 0) is 28.9 Å². The van der Waals surface area contributed by atoms with Crippen molar-refractivity contribution in [2.45, 2.75) is 23.9 Å². The SMILES string of the molecule is CC(NS(=O)(=O)c1cnn(C)c1)C(=O)N1CCNCC1c1nccn1C. The van der Waals surface area contributed by atoms with Crippen LogP contribution in [0, 0.1) is 0 Å². The summed E-state index contributed by atoms with van der Waals surface area (Å²) in [5.74, 6) is 0.472. The molecule has 142 valence electrons. The minimum Gasteiger partial charge on any atom is -0.336 e. The number of hydrogen-bond donors (Lipinski definition) is 2. The number of sulfonamides is 1. The summed E-state index contributed by atoms with van der Waals surface area (Å²) in [4.78, 5) is 19.0. The molecule has 1 aliphatic rings. The largest absolute Gasteiger partial charge is 0.336 e. The number of amides is 1. The van der Waals surface area contributed by atoms with Crippen molar-refractivity contribution in [2.75, 3.05) is 19.6 Å². The zero-order valence-corrected chi connectivity index (χ0v) is 15.8. The summed E-state index contributed by atoms with van der Waals surface area (Å²) in [6.07, 6.45) is 6.14. The van der Waals surface area contributed by atoms with Crippen LogP contribution in [0.1, 0.15) is 18.8 Å². The Labute approximate surface area is 152 Å². The minimum absolute atomic E-state index is 0.0283. The highest BCUT2D eigenvalue weighted by Gasteiger charge is 2.34. The van der Waals surface area contributed by atoms with Gasteiger partial charge in [-0.15, -0.1) is 0 Å². The van der Waals surface area contributed by atoms with Crippen LogP contribution >= 0.6 is 0 Å². The molecule has 0 aromatic carbocycles. The summed E-state index contributed by atoms with van der Waals surface area (Å²) in [7, 11) is -0.319. The number of carbonyl (C=O) groups is 1. The molecule has 0 aliphatic carbocycles. The van der Waals surface area contributed by atoms with Crippen LogP contribution < -0.4 is 10.0 Å². The van der Waals surface area contributed by atoms with Crippen molar-refractivity contribution < 1.29 is 13.2 Å². The number of carbonyl (C=O) groups excluding carboxylic acids is 1. The molecule has 2 unspecified atom stereocenters. The maximum Gasteiger partial charge on any atom is 0.244 e. The number of rotatable bonds is 5. The predicted molar refractivity (Wildman–Crippen MR) is 93.5 cm³/mol. The van der Waals surface area contributed by atoms with E-state index in [1.807, 2.05) is 17.8 Å². The number of aryl methyl sites for hydroxylation is 2. The third kappa shape index (κ3) is 3.64. The van der Waals surface area contributed by atoms with Crippen LogP contribution in [0.3, 0.4) is 0 Å². The van der Waals surface area contributed by atoms with E-state index in [1.165, 1.54) is 17.1 Å². The number of aromatic nitrogens is 4. The van der Waals surface area contributed by atoms with Gasteiger partial charge in [0.1, 0.15) is 16.8 Å². The van der Waals surface area contributed by atoms with Gasteiger partial charge in [-0.3, -0.25) is 9.48 Å². The number of nitrogens with one attached hydrogen (secondary N) is 2. The van der Waals surface area contributed by atoms with E-state index in [0.717, 1.165) is 5.82 Å². The molecule has 26 heavy (non-hydrogen) atoms. The van der Waals surface area contributed by atoms with Gasteiger partial charge >= 0.3 is 0 Å². The number of nitrogens with zero attached hydrogens (tertiary/aromatic N) is 5. The van der Waals surface area contributed by atoms with Gasteiger partial charge in [-0.2, -0.15) is 9.82 Å². The van der Waals surface area contributed by atoms with Crippen molar-refractivity contribution in [2.24, 2.45) is 14.1 Å². The van der Waals surface area contributed by atoms with Gasteiger partial charge in [-0.1, -0.05) is 0 Å². The van der Waals surface area contributed by atoms with E-state index in [2.05, 4.69) is 20.1 Å². The fourth-order valence-electron chi connectivity index (χ4n) is 3.03. The zero-order valence-electron chi connectivity index (χ0n) is 15.0. The van der Waals surface area contributed by atoms with E-state index in [1.54, 1.807) is 25.1 Å². The lowest BCUT2D eigenvalue weighted by molar-refractivity contribution is -0.136. The lowest BCUT2D eigenvalue weighted by atomic mass is 10.1. The summed E-state index contributed by atoms with van der Waals surface area (Å²) in [6.45, 7) is 3.25. The normalized spacial score (nSPS) is 19.5. The second kappa shape index (κ2) is 7.17. The second-order valence-electron chi connectivity index (χ2n) is 6.34. The lowest BCUT2D eigenvalue weighted by Crippen LogP contribution is -2.54. The predicted octanol–water partition coefficient (Wildman–Crippen LogP) is -1.01. The first-order chi connectivity index (χ1) is 12.3. The lowest BCUT2D eigenvalue weighted by Gasteiger charge is -2.37. The molecule has 2 aromatic rings. The average molecular weight is 381 g/mol. The van der Waals surface area contributed by atoms with Crippen LogP contribution in [0.5, 0.6) is 0 Å². The first-order valence-corrected chi connectivity index (χ1v) is 9.77. The Hall–Kier alpha value is -2.24. The van der Waals surface area contributed by atoms with E-state index in [-0.39, 0.29) is 16.8 Å². The molecule has 2 N–H and O–H groups in total. The second-order valence-corrected chi connectivity index (χ2v) is 8.05. The van der Waals surface area contributed by atoms with E-state index >= 15 is 0 Å². The number of hydrogen-bond acceptors (Lipinski definition) is 6. The summed E-state index contributed by atoms with van der Waals surface area (Å²) in [5.41, 5.74) is 0. The zero-order chi connectivity index (χ0) is 18.9. The molecule has 2 aromatic heterocycles. The molecular formula is C15H23N7O3S. The third-order valence-electron chi connectivity index (χ3n) is 4.38. The molecule has 0 spiro atoms. The summed E-state index contributed by atoms with van der Waals surface area (Å²) >= 11 is 0. The Morgan fingerprint density at radius 3 is 2.81 bits per heavy atom. The van der Waals surface area contributed by atoms with E-state index < -0.39 is 16.1 Å². The third-order valence-corrected chi connectivity index (χ3v) is 5.87. The molecule has 3 heterocycles. The summed E-state index contributed by atoms with van der Waals surface area (Å²) in [6, 6.07) is -1.15. The van der Waals surface area contributed by atoms with Gasteiger partial charge in [0, 0.05) is 52.3 Å². The van der Waals surface area contributed by atoms with Crippen molar-refractivity contribution in [1.29, 1.82) is 0 Å². The van der Waals surface area contributed by atoms with Crippen LogP contribution in [0.25, 0.3) is 0 Å².